The maximum atomic E-state index is 13.1. The van der Waals surface area contributed by atoms with Crippen LogP contribution >= 0.6 is 0 Å². The van der Waals surface area contributed by atoms with Crippen LogP contribution in [0.4, 0.5) is 16.0 Å². The van der Waals surface area contributed by atoms with Gasteiger partial charge in [-0.15, -0.1) is 0 Å². The van der Waals surface area contributed by atoms with Crippen molar-refractivity contribution in [2.75, 3.05) is 11.4 Å². The zero-order valence-electron chi connectivity index (χ0n) is 12.4. The molecular weight excluding hydrogens is 301 g/mol. The van der Waals surface area contributed by atoms with Gasteiger partial charge in [0, 0.05) is 25.8 Å². The molecule has 0 fully saturated rings. The van der Waals surface area contributed by atoms with Gasteiger partial charge in [-0.2, -0.15) is 4.98 Å². The van der Waals surface area contributed by atoms with Crippen LogP contribution in [0.15, 0.2) is 33.9 Å². The number of aryl methyl sites for hydroxylation is 2. The van der Waals surface area contributed by atoms with Crippen LogP contribution in [0.1, 0.15) is 6.42 Å². The summed E-state index contributed by atoms with van der Waals surface area (Å²) >= 11 is 0. The number of benzene rings is 1. The number of imidazole rings is 1. The highest BCUT2D eigenvalue weighted by Crippen LogP contribution is 2.30. The van der Waals surface area contributed by atoms with E-state index in [0.717, 1.165) is 12.1 Å². The van der Waals surface area contributed by atoms with Crippen molar-refractivity contribution in [3.05, 3.63) is 50.9 Å². The standard InChI is InChI=1S/C15H14FN5O2/c1-19-12-11(13(22)18-15(19)23)21-8-2-7-20(14(21)17-12)10-5-3-9(16)4-6-10/h3-6H,2,7-8H2,1H3,(H,18,22,23). The molecule has 0 unspecified atom stereocenters. The molecule has 0 saturated carbocycles. The Labute approximate surface area is 129 Å². The number of nitrogens with zero attached hydrogens (tertiary/aromatic N) is 4. The maximum absolute atomic E-state index is 13.1. The van der Waals surface area contributed by atoms with E-state index in [1.54, 1.807) is 23.7 Å². The molecule has 1 aromatic carbocycles. The third-order valence-electron chi connectivity index (χ3n) is 4.13. The average molecular weight is 315 g/mol. The number of hydrogen-bond acceptors (Lipinski definition) is 4. The maximum Gasteiger partial charge on any atom is 0.329 e. The second-order valence-electron chi connectivity index (χ2n) is 5.54. The van der Waals surface area contributed by atoms with Gasteiger partial charge in [0.2, 0.25) is 5.95 Å². The van der Waals surface area contributed by atoms with Gasteiger partial charge in [-0.25, -0.2) is 9.18 Å². The fraction of sp³-hybridized carbons (Fsp3) is 0.267. The van der Waals surface area contributed by atoms with Crippen molar-refractivity contribution in [2.45, 2.75) is 13.0 Å². The summed E-state index contributed by atoms with van der Waals surface area (Å²) in [7, 11) is 1.57. The summed E-state index contributed by atoms with van der Waals surface area (Å²) in [6.45, 7) is 1.35. The van der Waals surface area contributed by atoms with Crippen molar-refractivity contribution >= 4 is 22.8 Å². The number of H-pyrrole nitrogens is 1. The molecule has 0 bridgehead atoms. The number of nitrogens with one attached hydrogen (secondary N) is 1. The number of aromatic amines is 1. The summed E-state index contributed by atoms with van der Waals surface area (Å²) in [5.41, 5.74) is 0.592. The normalized spacial score (nSPS) is 14.3. The van der Waals surface area contributed by atoms with E-state index in [1.807, 2.05) is 4.90 Å². The highest BCUT2D eigenvalue weighted by Gasteiger charge is 2.25. The van der Waals surface area contributed by atoms with Gasteiger partial charge in [0.15, 0.2) is 11.2 Å². The lowest BCUT2D eigenvalue weighted by molar-refractivity contribution is 0.601. The van der Waals surface area contributed by atoms with E-state index in [2.05, 4.69) is 9.97 Å². The average Bonchev–Trinajstić information content (AvgIpc) is 2.93. The summed E-state index contributed by atoms with van der Waals surface area (Å²) in [6, 6.07) is 6.13. The SMILES string of the molecule is Cn1c(=O)[nH]c(=O)c2c1nc1n2CCCN1c1ccc(F)cc1. The first-order valence-electron chi connectivity index (χ1n) is 7.29. The minimum atomic E-state index is -0.494. The summed E-state index contributed by atoms with van der Waals surface area (Å²) in [6.07, 6.45) is 0.818. The van der Waals surface area contributed by atoms with E-state index < -0.39 is 11.2 Å². The monoisotopic (exact) mass is 315 g/mol. The molecule has 0 amide bonds. The Morgan fingerprint density at radius 3 is 2.65 bits per heavy atom. The largest absolute Gasteiger partial charge is 0.329 e. The highest BCUT2D eigenvalue weighted by molar-refractivity contribution is 5.76. The van der Waals surface area contributed by atoms with Crippen LogP contribution in [0.5, 0.6) is 0 Å². The molecule has 0 spiro atoms. The Kier molecular flexibility index (Phi) is 2.87. The van der Waals surface area contributed by atoms with Gasteiger partial charge < -0.3 is 9.47 Å². The Balaban J connectivity index is 1.98. The Morgan fingerprint density at radius 1 is 1.17 bits per heavy atom. The van der Waals surface area contributed by atoms with Gasteiger partial charge in [0.25, 0.3) is 5.56 Å². The van der Waals surface area contributed by atoms with Crippen molar-refractivity contribution in [3.63, 3.8) is 0 Å². The van der Waals surface area contributed by atoms with Crippen molar-refractivity contribution in [1.29, 1.82) is 0 Å². The van der Waals surface area contributed by atoms with Gasteiger partial charge >= 0.3 is 5.69 Å². The molecule has 1 aliphatic rings. The number of fused-ring (bicyclic) bond motifs is 3. The summed E-state index contributed by atoms with van der Waals surface area (Å²) < 4.78 is 16.3. The van der Waals surface area contributed by atoms with Gasteiger partial charge in [-0.1, -0.05) is 0 Å². The zero-order valence-corrected chi connectivity index (χ0v) is 12.4. The summed E-state index contributed by atoms with van der Waals surface area (Å²) in [5, 5.41) is 0. The van der Waals surface area contributed by atoms with E-state index in [-0.39, 0.29) is 5.82 Å². The molecule has 1 aliphatic heterocycles. The molecule has 3 heterocycles. The van der Waals surface area contributed by atoms with Gasteiger partial charge in [0.05, 0.1) is 0 Å². The van der Waals surface area contributed by atoms with Crippen LogP contribution in [0, 0.1) is 5.82 Å². The predicted octanol–water partition coefficient (Wildman–Crippen LogP) is 1.10. The quantitative estimate of drug-likeness (QED) is 0.730. The highest BCUT2D eigenvalue weighted by atomic mass is 19.1. The Bertz CT molecular complexity index is 1020. The molecule has 8 heteroatoms. The predicted molar refractivity (Wildman–Crippen MR) is 83.6 cm³/mol. The van der Waals surface area contributed by atoms with Crippen LogP contribution < -0.4 is 16.1 Å². The number of hydrogen-bond donors (Lipinski definition) is 1. The molecule has 118 valence electrons. The molecule has 2 aromatic heterocycles. The van der Waals surface area contributed by atoms with E-state index in [1.165, 1.54) is 16.7 Å². The van der Waals surface area contributed by atoms with Crippen LogP contribution in [0.2, 0.25) is 0 Å². The number of anilines is 2. The van der Waals surface area contributed by atoms with E-state index >= 15 is 0 Å². The summed E-state index contributed by atoms with van der Waals surface area (Å²) in [4.78, 5) is 32.7. The second-order valence-corrected chi connectivity index (χ2v) is 5.54. The zero-order chi connectivity index (χ0) is 16.1. The molecule has 1 N–H and O–H groups in total. The molecule has 3 aromatic rings. The third-order valence-corrected chi connectivity index (χ3v) is 4.13. The lowest BCUT2D eigenvalue weighted by atomic mass is 10.2. The van der Waals surface area contributed by atoms with Crippen molar-refractivity contribution in [2.24, 2.45) is 7.05 Å². The first-order chi connectivity index (χ1) is 11.1. The molecule has 0 saturated heterocycles. The van der Waals surface area contributed by atoms with E-state index in [9.17, 15) is 14.0 Å². The van der Waals surface area contributed by atoms with Crippen molar-refractivity contribution in [1.82, 2.24) is 19.1 Å². The van der Waals surface area contributed by atoms with E-state index in [4.69, 9.17) is 0 Å². The minimum Gasteiger partial charge on any atom is -0.312 e. The van der Waals surface area contributed by atoms with Crippen molar-refractivity contribution in [3.8, 4) is 0 Å². The fourth-order valence-electron chi connectivity index (χ4n) is 2.99. The van der Waals surface area contributed by atoms with Gasteiger partial charge in [0.1, 0.15) is 5.82 Å². The smallest absolute Gasteiger partial charge is 0.312 e. The lowest BCUT2D eigenvalue weighted by Crippen LogP contribution is -2.31. The first kappa shape index (κ1) is 13.7. The van der Waals surface area contributed by atoms with Crippen LogP contribution in [0.3, 0.4) is 0 Å². The second kappa shape index (κ2) is 4.80. The molecule has 7 nitrogen and oxygen atoms in total. The molecule has 4 rings (SSSR count). The van der Waals surface area contributed by atoms with Gasteiger partial charge in [-0.05, 0) is 30.7 Å². The molecule has 0 atom stereocenters. The number of aromatic nitrogens is 4. The van der Waals surface area contributed by atoms with Gasteiger partial charge in [-0.3, -0.25) is 14.3 Å². The van der Waals surface area contributed by atoms with Crippen LogP contribution in [-0.2, 0) is 13.6 Å². The first-order valence-corrected chi connectivity index (χ1v) is 7.29. The van der Waals surface area contributed by atoms with Crippen LogP contribution in [0.25, 0.3) is 11.2 Å². The van der Waals surface area contributed by atoms with Crippen LogP contribution in [-0.4, -0.2) is 25.6 Å². The number of rotatable bonds is 1. The summed E-state index contributed by atoms with van der Waals surface area (Å²) in [5.74, 6) is 0.280. The van der Waals surface area contributed by atoms with Crippen molar-refractivity contribution < 1.29 is 4.39 Å². The van der Waals surface area contributed by atoms with E-state index in [0.29, 0.717) is 30.2 Å². The fourth-order valence-corrected chi connectivity index (χ4v) is 2.99. The molecular formula is C15H14FN5O2. The molecule has 0 aliphatic carbocycles. The topological polar surface area (TPSA) is 75.9 Å². The Morgan fingerprint density at radius 2 is 1.91 bits per heavy atom. The molecule has 0 radical (unpaired) electrons. The minimum absolute atomic E-state index is 0.307. The Hall–Kier alpha value is -2.90. The third kappa shape index (κ3) is 1.98. The molecule has 23 heavy (non-hydrogen) atoms. The lowest BCUT2D eigenvalue weighted by Gasteiger charge is -2.28. The number of halogens is 1.